The van der Waals surface area contributed by atoms with Gasteiger partial charge in [-0.25, -0.2) is 8.78 Å². The van der Waals surface area contributed by atoms with E-state index in [-0.39, 0.29) is 6.61 Å². The van der Waals surface area contributed by atoms with Crippen LogP contribution in [0.1, 0.15) is 17.3 Å². The molecule has 1 aromatic carbocycles. The minimum absolute atomic E-state index is 0.218. The average molecular weight is 297 g/mol. The Balaban J connectivity index is 1.66. The summed E-state index contributed by atoms with van der Waals surface area (Å²) in [6.45, 7) is 0.516. The van der Waals surface area contributed by atoms with Crippen molar-refractivity contribution >= 4 is 0 Å². The third-order valence-electron chi connectivity index (χ3n) is 2.66. The molecule has 0 saturated heterocycles. The molecule has 7 heteroatoms. The van der Waals surface area contributed by atoms with Gasteiger partial charge in [-0.15, -0.1) is 0 Å². The van der Waals surface area contributed by atoms with E-state index >= 15 is 0 Å². The van der Waals surface area contributed by atoms with E-state index in [4.69, 9.17) is 9.26 Å². The molecule has 0 aliphatic rings. The van der Waals surface area contributed by atoms with E-state index in [0.717, 1.165) is 5.56 Å². The van der Waals surface area contributed by atoms with Crippen LogP contribution in [0.5, 0.6) is 0 Å². The van der Waals surface area contributed by atoms with Gasteiger partial charge in [0.15, 0.2) is 5.82 Å². The average Bonchev–Trinajstić information content (AvgIpc) is 2.91. The first-order valence-corrected chi connectivity index (χ1v) is 6.66. The van der Waals surface area contributed by atoms with Crippen LogP contribution >= 0.6 is 0 Å². The Morgan fingerprint density at radius 2 is 2.05 bits per heavy atom. The predicted molar refractivity (Wildman–Crippen MR) is 72.1 cm³/mol. The number of hydrogen-bond donors (Lipinski definition) is 1. The van der Waals surface area contributed by atoms with Crippen LogP contribution in [0.2, 0.25) is 0 Å². The van der Waals surface area contributed by atoms with Crippen LogP contribution in [0, 0.1) is 0 Å². The van der Waals surface area contributed by atoms with Crippen molar-refractivity contribution in [3.63, 3.8) is 0 Å². The molecular weight excluding hydrogens is 280 g/mol. The van der Waals surface area contributed by atoms with Crippen LogP contribution < -0.4 is 5.32 Å². The first kappa shape index (κ1) is 15.5. The standard InChI is InChI=1S/C14H17F2N3O2/c15-12(16)10-20-7-6-17-9-14-18-13(19-21-14)8-11-4-2-1-3-5-11/h1-5,12,17H,6-10H2. The summed E-state index contributed by atoms with van der Waals surface area (Å²) in [5.74, 6) is 1.08. The molecule has 0 saturated carbocycles. The molecule has 2 aromatic rings. The summed E-state index contributed by atoms with van der Waals surface area (Å²) in [5, 5.41) is 6.88. The Bertz CT molecular complexity index is 520. The maximum Gasteiger partial charge on any atom is 0.261 e. The second-order valence-corrected chi connectivity index (χ2v) is 4.41. The van der Waals surface area contributed by atoms with E-state index in [9.17, 15) is 8.78 Å². The smallest absolute Gasteiger partial charge is 0.261 e. The van der Waals surface area contributed by atoms with E-state index < -0.39 is 13.0 Å². The van der Waals surface area contributed by atoms with Gasteiger partial charge in [0, 0.05) is 13.0 Å². The highest BCUT2D eigenvalue weighted by Crippen LogP contribution is 2.06. The lowest BCUT2D eigenvalue weighted by molar-refractivity contribution is 0.0186. The van der Waals surface area contributed by atoms with Crippen LogP contribution in [-0.4, -0.2) is 36.3 Å². The van der Waals surface area contributed by atoms with Crippen molar-refractivity contribution in [2.45, 2.75) is 19.4 Å². The topological polar surface area (TPSA) is 60.2 Å². The molecule has 0 aliphatic carbocycles. The van der Waals surface area contributed by atoms with E-state index in [1.807, 2.05) is 30.3 Å². The predicted octanol–water partition coefficient (Wildman–Crippen LogP) is 2.03. The van der Waals surface area contributed by atoms with Crippen molar-refractivity contribution in [2.75, 3.05) is 19.8 Å². The molecule has 0 bridgehead atoms. The van der Waals surface area contributed by atoms with Crippen molar-refractivity contribution < 1.29 is 18.0 Å². The van der Waals surface area contributed by atoms with Crippen LogP contribution in [-0.2, 0) is 17.7 Å². The Kier molecular flexibility index (Phi) is 6.23. The SMILES string of the molecule is FC(F)COCCNCc1nc(Cc2ccccc2)no1. The van der Waals surface area contributed by atoms with Crippen molar-refractivity contribution in [3.05, 3.63) is 47.6 Å². The largest absolute Gasteiger partial charge is 0.374 e. The van der Waals surface area contributed by atoms with Gasteiger partial charge in [-0.2, -0.15) is 4.98 Å². The van der Waals surface area contributed by atoms with Gasteiger partial charge in [0.1, 0.15) is 6.61 Å². The third kappa shape index (κ3) is 5.97. The fourth-order valence-electron chi connectivity index (χ4n) is 1.72. The number of halogens is 2. The van der Waals surface area contributed by atoms with Gasteiger partial charge < -0.3 is 14.6 Å². The normalized spacial score (nSPS) is 11.2. The van der Waals surface area contributed by atoms with Crippen molar-refractivity contribution in [1.29, 1.82) is 0 Å². The molecule has 0 fully saturated rings. The molecule has 0 aliphatic heterocycles. The molecule has 0 spiro atoms. The van der Waals surface area contributed by atoms with Crippen molar-refractivity contribution in [3.8, 4) is 0 Å². The second kappa shape index (κ2) is 8.43. The fraction of sp³-hybridized carbons (Fsp3) is 0.429. The van der Waals surface area contributed by atoms with Gasteiger partial charge in [0.25, 0.3) is 6.43 Å². The molecule has 0 radical (unpaired) electrons. The number of alkyl halides is 2. The number of rotatable bonds is 9. The van der Waals surface area contributed by atoms with E-state index in [0.29, 0.717) is 31.2 Å². The lowest BCUT2D eigenvalue weighted by Crippen LogP contribution is -2.20. The summed E-state index contributed by atoms with van der Waals surface area (Å²) < 4.78 is 33.5. The number of nitrogens with zero attached hydrogens (tertiary/aromatic N) is 2. The molecule has 21 heavy (non-hydrogen) atoms. The highest BCUT2D eigenvalue weighted by atomic mass is 19.3. The van der Waals surface area contributed by atoms with Gasteiger partial charge in [0.05, 0.1) is 13.2 Å². The summed E-state index contributed by atoms with van der Waals surface area (Å²) in [6, 6.07) is 9.85. The minimum Gasteiger partial charge on any atom is -0.374 e. The quantitative estimate of drug-likeness (QED) is 0.718. The molecule has 2 rings (SSSR count). The zero-order valence-corrected chi connectivity index (χ0v) is 11.5. The number of hydrogen-bond acceptors (Lipinski definition) is 5. The summed E-state index contributed by atoms with van der Waals surface area (Å²) in [7, 11) is 0. The summed E-state index contributed by atoms with van der Waals surface area (Å²) in [6.07, 6.45) is -1.82. The van der Waals surface area contributed by atoms with Crippen LogP contribution in [0.4, 0.5) is 8.78 Å². The summed E-state index contributed by atoms with van der Waals surface area (Å²) >= 11 is 0. The van der Waals surface area contributed by atoms with Crippen LogP contribution in [0.25, 0.3) is 0 Å². The lowest BCUT2D eigenvalue weighted by Gasteiger charge is -2.03. The Morgan fingerprint density at radius 3 is 2.81 bits per heavy atom. The maximum absolute atomic E-state index is 11.8. The number of benzene rings is 1. The minimum atomic E-state index is -2.43. The lowest BCUT2D eigenvalue weighted by atomic mass is 10.1. The summed E-state index contributed by atoms with van der Waals surface area (Å²) in [5.41, 5.74) is 1.11. The zero-order chi connectivity index (χ0) is 14.9. The van der Waals surface area contributed by atoms with Gasteiger partial charge in [-0.05, 0) is 5.56 Å². The van der Waals surface area contributed by atoms with E-state index in [1.165, 1.54) is 0 Å². The highest BCUT2D eigenvalue weighted by molar-refractivity contribution is 5.18. The van der Waals surface area contributed by atoms with Gasteiger partial charge in [-0.3, -0.25) is 0 Å². The molecule has 1 heterocycles. The first-order chi connectivity index (χ1) is 10.2. The molecule has 1 aromatic heterocycles. The number of ether oxygens (including phenoxy) is 1. The third-order valence-corrected chi connectivity index (χ3v) is 2.66. The molecule has 114 valence electrons. The fourth-order valence-corrected chi connectivity index (χ4v) is 1.72. The zero-order valence-electron chi connectivity index (χ0n) is 11.5. The second-order valence-electron chi connectivity index (χ2n) is 4.41. The molecule has 5 nitrogen and oxygen atoms in total. The number of aromatic nitrogens is 2. The number of nitrogens with one attached hydrogen (secondary N) is 1. The first-order valence-electron chi connectivity index (χ1n) is 6.66. The van der Waals surface area contributed by atoms with Gasteiger partial charge in [0.2, 0.25) is 5.89 Å². The van der Waals surface area contributed by atoms with Crippen molar-refractivity contribution in [2.24, 2.45) is 0 Å². The summed E-state index contributed by atoms with van der Waals surface area (Å²) in [4.78, 5) is 4.25. The molecule has 1 N–H and O–H groups in total. The van der Waals surface area contributed by atoms with Crippen LogP contribution in [0.3, 0.4) is 0 Å². The molecule has 0 unspecified atom stereocenters. The molecule has 0 amide bonds. The Hall–Kier alpha value is -1.86. The monoisotopic (exact) mass is 297 g/mol. The van der Waals surface area contributed by atoms with Gasteiger partial charge >= 0.3 is 0 Å². The highest BCUT2D eigenvalue weighted by Gasteiger charge is 2.06. The van der Waals surface area contributed by atoms with Gasteiger partial charge in [-0.1, -0.05) is 35.5 Å². The van der Waals surface area contributed by atoms with Crippen LogP contribution in [0.15, 0.2) is 34.9 Å². The maximum atomic E-state index is 11.8. The molecular formula is C14H17F2N3O2. The van der Waals surface area contributed by atoms with E-state index in [1.54, 1.807) is 0 Å². The van der Waals surface area contributed by atoms with Crippen molar-refractivity contribution in [1.82, 2.24) is 15.5 Å². The molecule has 0 atom stereocenters. The van der Waals surface area contributed by atoms with E-state index in [2.05, 4.69) is 15.5 Å². The Labute approximate surface area is 121 Å². The Morgan fingerprint density at radius 1 is 1.24 bits per heavy atom.